The number of hydrogen-bond donors (Lipinski definition) is 0. The van der Waals surface area contributed by atoms with Gasteiger partial charge in [0.1, 0.15) is 11.2 Å². The highest BCUT2D eigenvalue weighted by Crippen LogP contribution is 2.37. The first-order valence-corrected chi connectivity index (χ1v) is 13.4. The van der Waals surface area contributed by atoms with Gasteiger partial charge in [0.25, 0.3) is 0 Å². The van der Waals surface area contributed by atoms with Gasteiger partial charge in [0.05, 0.1) is 11.0 Å². The molecular formula is C37H25NO. The van der Waals surface area contributed by atoms with Gasteiger partial charge in [-0.25, -0.2) is 0 Å². The topological polar surface area (TPSA) is 18.1 Å². The molecule has 0 unspecified atom stereocenters. The van der Waals surface area contributed by atoms with Crippen molar-refractivity contribution >= 4 is 43.7 Å². The molecule has 0 saturated carbocycles. The van der Waals surface area contributed by atoms with Gasteiger partial charge in [-0.2, -0.15) is 0 Å². The second-order valence-electron chi connectivity index (χ2n) is 10.2. The van der Waals surface area contributed by atoms with Crippen molar-refractivity contribution in [2.75, 3.05) is 0 Å². The van der Waals surface area contributed by atoms with E-state index in [0.717, 1.165) is 45.2 Å². The third-order valence-electron chi connectivity index (χ3n) is 7.83. The van der Waals surface area contributed by atoms with Gasteiger partial charge in [0.2, 0.25) is 0 Å². The summed E-state index contributed by atoms with van der Waals surface area (Å²) < 4.78 is 8.68. The number of furan rings is 1. The van der Waals surface area contributed by atoms with Crippen molar-refractivity contribution in [3.8, 4) is 16.8 Å². The van der Waals surface area contributed by atoms with Gasteiger partial charge >= 0.3 is 0 Å². The molecule has 0 aliphatic rings. The Hall–Kier alpha value is -5.08. The Morgan fingerprint density at radius 3 is 2.08 bits per heavy atom. The van der Waals surface area contributed by atoms with Gasteiger partial charge in [-0.05, 0) is 59.5 Å². The molecule has 0 radical (unpaired) electrons. The first-order valence-electron chi connectivity index (χ1n) is 13.4. The average molecular weight is 500 g/mol. The SMILES string of the molecule is c1ccc(Cc2ccc3c(c2)c2ccccc2n3-c2ccc(-c3cccc4c3oc3ccccc34)cc2)cc1. The Bertz CT molecular complexity index is 2130. The summed E-state index contributed by atoms with van der Waals surface area (Å²) in [6.07, 6.45) is 0.929. The number of hydrogen-bond acceptors (Lipinski definition) is 1. The van der Waals surface area contributed by atoms with Crippen LogP contribution in [0, 0.1) is 0 Å². The Balaban J connectivity index is 1.24. The minimum atomic E-state index is 0.925. The lowest BCUT2D eigenvalue weighted by atomic mass is 10.0. The quantitative estimate of drug-likeness (QED) is 0.236. The fourth-order valence-electron chi connectivity index (χ4n) is 6.00. The Kier molecular flexibility index (Phi) is 4.92. The van der Waals surface area contributed by atoms with Crippen LogP contribution < -0.4 is 0 Å². The highest BCUT2D eigenvalue weighted by atomic mass is 16.3. The number of rotatable bonds is 4. The summed E-state index contributed by atoms with van der Waals surface area (Å²) in [4.78, 5) is 0. The summed E-state index contributed by atoms with van der Waals surface area (Å²) >= 11 is 0. The number of para-hydroxylation sites is 3. The van der Waals surface area contributed by atoms with Gasteiger partial charge in [-0.3, -0.25) is 0 Å². The molecule has 8 rings (SSSR count). The van der Waals surface area contributed by atoms with Gasteiger partial charge in [0, 0.05) is 32.8 Å². The van der Waals surface area contributed by atoms with Crippen molar-refractivity contribution in [3.05, 3.63) is 151 Å². The summed E-state index contributed by atoms with van der Waals surface area (Å²) in [7, 11) is 0. The van der Waals surface area contributed by atoms with Crippen molar-refractivity contribution in [2.45, 2.75) is 6.42 Å². The molecule has 2 aromatic heterocycles. The van der Waals surface area contributed by atoms with Gasteiger partial charge < -0.3 is 8.98 Å². The molecule has 0 aliphatic carbocycles. The Morgan fingerprint density at radius 1 is 0.487 bits per heavy atom. The van der Waals surface area contributed by atoms with Crippen LogP contribution in [0.2, 0.25) is 0 Å². The highest BCUT2D eigenvalue weighted by molar-refractivity contribution is 6.10. The standard InChI is InChI=1S/C37H25NO/c1-2-9-25(10-3-1)23-26-17-22-35-33(24-26)30-11-4-6-15-34(30)38(35)28-20-18-27(19-21-28)29-13-8-14-32-31-12-5-7-16-36(31)39-37(29)32/h1-22,24H,23H2. The van der Waals surface area contributed by atoms with Crippen molar-refractivity contribution < 1.29 is 4.42 Å². The van der Waals surface area contributed by atoms with Gasteiger partial charge in [0.15, 0.2) is 0 Å². The van der Waals surface area contributed by atoms with E-state index >= 15 is 0 Å². The van der Waals surface area contributed by atoms with E-state index in [9.17, 15) is 0 Å². The van der Waals surface area contributed by atoms with Crippen LogP contribution in [0.25, 0.3) is 60.6 Å². The molecule has 0 fully saturated rings. The van der Waals surface area contributed by atoms with Crippen LogP contribution >= 0.6 is 0 Å². The highest BCUT2D eigenvalue weighted by Gasteiger charge is 2.15. The van der Waals surface area contributed by atoms with Crippen molar-refractivity contribution in [1.29, 1.82) is 0 Å². The molecular weight excluding hydrogens is 474 g/mol. The van der Waals surface area contributed by atoms with E-state index in [2.05, 4.69) is 132 Å². The first-order chi connectivity index (χ1) is 19.3. The van der Waals surface area contributed by atoms with E-state index in [-0.39, 0.29) is 0 Å². The van der Waals surface area contributed by atoms with E-state index in [4.69, 9.17) is 4.42 Å². The molecule has 2 heterocycles. The van der Waals surface area contributed by atoms with Crippen LogP contribution in [0.4, 0.5) is 0 Å². The predicted molar refractivity (Wildman–Crippen MR) is 163 cm³/mol. The molecule has 39 heavy (non-hydrogen) atoms. The zero-order valence-corrected chi connectivity index (χ0v) is 21.3. The third kappa shape index (κ3) is 3.57. The molecule has 0 atom stereocenters. The molecule has 0 spiro atoms. The third-order valence-corrected chi connectivity index (χ3v) is 7.83. The van der Waals surface area contributed by atoms with Crippen LogP contribution in [-0.2, 0) is 6.42 Å². The molecule has 2 nitrogen and oxygen atoms in total. The Labute approximate surface area is 226 Å². The second-order valence-corrected chi connectivity index (χ2v) is 10.2. The lowest BCUT2D eigenvalue weighted by Gasteiger charge is -2.10. The smallest absolute Gasteiger partial charge is 0.143 e. The second kappa shape index (κ2) is 8.75. The van der Waals surface area contributed by atoms with Crippen LogP contribution in [0.15, 0.2) is 144 Å². The maximum Gasteiger partial charge on any atom is 0.143 e. The van der Waals surface area contributed by atoms with Crippen LogP contribution in [-0.4, -0.2) is 4.57 Å². The summed E-state index contributed by atoms with van der Waals surface area (Å²) in [5.41, 5.74) is 10.4. The molecule has 0 bridgehead atoms. The molecule has 0 amide bonds. The fraction of sp³-hybridized carbons (Fsp3) is 0.0270. The lowest BCUT2D eigenvalue weighted by molar-refractivity contribution is 0.670. The largest absolute Gasteiger partial charge is 0.455 e. The van der Waals surface area contributed by atoms with Gasteiger partial charge in [-0.15, -0.1) is 0 Å². The molecule has 8 aromatic rings. The predicted octanol–water partition coefficient (Wildman–Crippen LogP) is 9.94. The monoisotopic (exact) mass is 499 g/mol. The molecule has 184 valence electrons. The number of fused-ring (bicyclic) bond motifs is 6. The number of benzene rings is 6. The maximum absolute atomic E-state index is 6.30. The first kappa shape index (κ1) is 22.0. The van der Waals surface area contributed by atoms with E-state index < -0.39 is 0 Å². The van der Waals surface area contributed by atoms with E-state index in [1.807, 2.05) is 12.1 Å². The molecule has 2 heteroatoms. The van der Waals surface area contributed by atoms with E-state index in [1.54, 1.807) is 0 Å². The fourth-order valence-corrected chi connectivity index (χ4v) is 6.00. The van der Waals surface area contributed by atoms with Crippen LogP contribution in [0.1, 0.15) is 11.1 Å². The zero-order chi connectivity index (χ0) is 25.8. The summed E-state index contributed by atoms with van der Waals surface area (Å²) in [6, 6.07) is 49.8. The molecule has 0 N–H and O–H groups in total. The van der Waals surface area contributed by atoms with Crippen molar-refractivity contribution in [3.63, 3.8) is 0 Å². The van der Waals surface area contributed by atoms with Crippen LogP contribution in [0.3, 0.4) is 0 Å². The van der Waals surface area contributed by atoms with Gasteiger partial charge in [-0.1, -0.05) is 103 Å². The van der Waals surface area contributed by atoms with Crippen molar-refractivity contribution in [1.82, 2.24) is 4.57 Å². The summed E-state index contributed by atoms with van der Waals surface area (Å²) in [5.74, 6) is 0. The number of nitrogens with zero attached hydrogens (tertiary/aromatic N) is 1. The average Bonchev–Trinajstić information content (AvgIpc) is 3.54. The maximum atomic E-state index is 6.30. The minimum absolute atomic E-state index is 0.925. The lowest BCUT2D eigenvalue weighted by Crippen LogP contribution is -1.94. The Morgan fingerprint density at radius 2 is 1.21 bits per heavy atom. The van der Waals surface area contributed by atoms with E-state index in [0.29, 0.717) is 0 Å². The normalized spacial score (nSPS) is 11.7. The summed E-state index contributed by atoms with van der Waals surface area (Å²) in [5, 5.41) is 4.87. The molecule has 6 aromatic carbocycles. The van der Waals surface area contributed by atoms with Crippen LogP contribution in [0.5, 0.6) is 0 Å². The molecule has 0 saturated heterocycles. The van der Waals surface area contributed by atoms with E-state index in [1.165, 1.54) is 32.9 Å². The minimum Gasteiger partial charge on any atom is -0.455 e. The molecule has 0 aliphatic heterocycles. The summed E-state index contributed by atoms with van der Waals surface area (Å²) in [6.45, 7) is 0. The zero-order valence-electron chi connectivity index (χ0n) is 21.3. The number of aromatic nitrogens is 1. The van der Waals surface area contributed by atoms with Crippen molar-refractivity contribution in [2.24, 2.45) is 0 Å².